The van der Waals surface area contributed by atoms with Gasteiger partial charge >= 0.3 is 0 Å². The summed E-state index contributed by atoms with van der Waals surface area (Å²) >= 11 is 0. The zero-order chi connectivity index (χ0) is 15.2. The lowest BCUT2D eigenvalue weighted by molar-refractivity contribution is 0.294. The fourth-order valence-electron chi connectivity index (χ4n) is 3.15. The Morgan fingerprint density at radius 1 is 1.14 bits per heavy atom. The second-order valence-corrected chi connectivity index (χ2v) is 5.91. The van der Waals surface area contributed by atoms with E-state index in [1.54, 1.807) is 12.1 Å². The van der Waals surface area contributed by atoms with Gasteiger partial charge in [0.2, 0.25) is 5.82 Å². The van der Waals surface area contributed by atoms with E-state index in [4.69, 9.17) is 4.74 Å². The highest BCUT2D eigenvalue weighted by Crippen LogP contribution is 2.33. The second-order valence-electron chi connectivity index (χ2n) is 5.91. The van der Waals surface area contributed by atoms with Gasteiger partial charge in [-0.3, -0.25) is 0 Å². The Morgan fingerprint density at radius 2 is 1.86 bits per heavy atom. The molecule has 0 radical (unpaired) electrons. The number of rotatable bonds is 5. The van der Waals surface area contributed by atoms with Crippen LogP contribution in [0.5, 0.6) is 5.75 Å². The third-order valence-corrected chi connectivity index (χ3v) is 4.43. The van der Waals surface area contributed by atoms with Gasteiger partial charge in [-0.05, 0) is 49.7 Å². The summed E-state index contributed by atoms with van der Waals surface area (Å²) in [7, 11) is 1.34. The lowest BCUT2D eigenvalue weighted by Crippen LogP contribution is -2.12. The van der Waals surface area contributed by atoms with Crippen molar-refractivity contribution in [1.82, 2.24) is 0 Å². The van der Waals surface area contributed by atoms with Gasteiger partial charge in [-0.1, -0.05) is 31.9 Å². The highest BCUT2D eigenvalue weighted by atomic mass is 19.2. The predicted octanol–water partition coefficient (Wildman–Crippen LogP) is 5.59. The molecule has 0 heterocycles. The van der Waals surface area contributed by atoms with Crippen LogP contribution in [-0.4, -0.2) is 7.11 Å². The van der Waals surface area contributed by atoms with Crippen molar-refractivity contribution in [2.45, 2.75) is 45.4 Å². The lowest BCUT2D eigenvalue weighted by atomic mass is 9.80. The van der Waals surface area contributed by atoms with Gasteiger partial charge in [0, 0.05) is 5.56 Å². The van der Waals surface area contributed by atoms with Crippen LogP contribution >= 0.6 is 0 Å². The van der Waals surface area contributed by atoms with E-state index in [2.05, 4.69) is 6.92 Å². The van der Waals surface area contributed by atoms with E-state index < -0.39 is 11.6 Å². The number of allylic oxidation sites excluding steroid dienone is 1. The summed E-state index contributed by atoms with van der Waals surface area (Å²) in [5.41, 5.74) is 0.295. The Morgan fingerprint density at radius 3 is 2.48 bits per heavy atom. The molecule has 0 spiro atoms. The lowest BCUT2D eigenvalue weighted by Gasteiger charge is -2.26. The number of methoxy groups -OCH3 is 1. The Kier molecular flexibility index (Phi) is 5.77. The third-order valence-electron chi connectivity index (χ3n) is 4.43. The third kappa shape index (κ3) is 4.05. The van der Waals surface area contributed by atoms with E-state index >= 15 is 0 Å². The molecule has 0 saturated heterocycles. The maximum atomic E-state index is 13.9. The van der Waals surface area contributed by atoms with Crippen molar-refractivity contribution in [3.8, 4) is 5.75 Å². The molecule has 2 rings (SSSR count). The molecule has 1 nitrogen and oxygen atoms in total. The fraction of sp³-hybridized carbons (Fsp3) is 0.556. The second kappa shape index (κ2) is 7.58. The molecule has 0 N–H and O–H groups in total. The van der Waals surface area contributed by atoms with Gasteiger partial charge in [0.05, 0.1) is 7.11 Å². The normalized spacial score (nSPS) is 22.7. The predicted molar refractivity (Wildman–Crippen MR) is 82.3 cm³/mol. The quantitative estimate of drug-likeness (QED) is 0.687. The summed E-state index contributed by atoms with van der Waals surface area (Å²) in [5, 5.41) is 0. The van der Waals surface area contributed by atoms with Crippen molar-refractivity contribution in [1.29, 1.82) is 0 Å². The van der Waals surface area contributed by atoms with Gasteiger partial charge in [-0.25, -0.2) is 4.39 Å². The monoisotopic (exact) mass is 294 g/mol. The van der Waals surface area contributed by atoms with Crippen LogP contribution in [0.2, 0.25) is 0 Å². The zero-order valence-electron chi connectivity index (χ0n) is 12.9. The molecule has 116 valence electrons. The highest BCUT2D eigenvalue weighted by molar-refractivity contribution is 5.52. The molecule has 0 aliphatic heterocycles. The molecule has 0 amide bonds. The molecule has 3 heteroatoms. The van der Waals surface area contributed by atoms with Gasteiger partial charge in [-0.2, -0.15) is 4.39 Å². The summed E-state index contributed by atoms with van der Waals surface area (Å²) in [6.07, 6.45) is 11.1. The molecule has 1 saturated carbocycles. The standard InChI is InChI=1S/C18H24F2O/c1-3-4-13-5-7-14(8-6-13)9-10-15-11-12-16(21-2)18(20)17(15)19/h9-14H,3-8H2,1-2H3/b10-9+. The molecule has 0 bridgehead atoms. The number of hydrogen-bond donors (Lipinski definition) is 0. The van der Waals surface area contributed by atoms with Gasteiger partial charge in [-0.15, -0.1) is 0 Å². The van der Waals surface area contributed by atoms with Crippen LogP contribution in [0.1, 0.15) is 51.0 Å². The van der Waals surface area contributed by atoms with E-state index in [1.165, 1.54) is 38.9 Å². The summed E-state index contributed by atoms with van der Waals surface area (Å²) < 4.78 is 32.3. The Balaban J connectivity index is 1.98. The molecule has 1 aliphatic rings. The molecule has 0 unspecified atom stereocenters. The molecule has 1 fully saturated rings. The first-order chi connectivity index (χ1) is 10.2. The number of hydrogen-bond acceptors (Lipinski definition) is 1. The van der Waals surface area contributed by atoms with E-state index in [1.807, 2.05) is 6.08 Å². The number of ether oxygens (including phenoxy) is 1. The summed E-state index contributed by atoms with van der Waals surface area (Å²) in [6.45, 7) is 2.23. The van der Waals surface area contributed by atoms with Crippen LogP contribution in [0.15, 0.2) is 18.2 Å². The van der Waals surface area contributed by atoms with Crippen LogP contribution in [0.25, 0.3) is 6.08 Å². The molecule has 0 aromatic heterocycles. The van der Waals surface area contributed by atoms with E-state index in [0.29, 0.717) is 11.5 Å². The average molecular weight is 294 g/mol. The van der Waals surface area contributed by atoms with Crippen molar-refractivity contribution >= 4 is 6.08 Å². The minimum Gasteiger partial charge on any atom is -0.494 e. The van der Waals surface area contributed by atoms with Gasteiger partial charge < -0.3 is 4.74 Å². The Hall–Kier alpha value is -1.38. The van der Waals surface area contributed by atoms with E-state index in [-0.39, 0.29) is 5.75 Å². The molecular formula is C18H24F2O. The van der Waals surface area contributed by atoms with Gasteiger partial charge in [0.25, 0.3) is 0 Å². The summed E-state index contributed by atoms with van der Waals surface area (Å²) in [6, 6.07) is 3.03. The molecule has 0 atom stereocenters. The SMILES string of the molecule is CCCC1CCC(/C=C/c2ccc(OC)c(F)c2F)CC1. The minimum absolute atomic E-state index is 0.0512. The average Bonchev–Trinajstić information content (AvgIpc) is 2.50. The Bertz CT molecular complexity index is 488. The first kappa shape index (κ1) is 16.0. The maximum Gasteiger partial charge on any atom is 0.201 e. The van der Waals surface area contributed by atoms with Crippen LogP contribution in [0.3, 0.4) is 0 Å². The van der Waals surface area contributed by atoms with E-state index in [9.17, 15) is 8.78 Å². The van der Waals surface area contributed by atoms with Crippen molar-refractivity contribution in [3.63, 3.8) is 0 Å². The van der Waals surface area contributed by atoms with Crippen molar-refractivity contribution in [2.24, 2.45) is 11.8 Å². The van der Waals surface area contributed by atoms with Crippen LogP contribution in [0, 0.1) is 23.5 Å². The first-order valence-electron chi connectivity index (χ1n) is 7.85. The fourth-order valence-corrected chi connectivity index (χ4v) is 3.15. The van der Waals surface area contributed by atoms with Gasteiger partial charge in [0.15, 0.2) is 11.6 Å². The van der Waals surface area contributed by atoms with Crippen molar-refractivity contribution < 1.29 is 13.5 Å². The first-order valence-corrected chi connectivity index (χ1v) is 7.85. The Labute approximate surface area is 126 Å². The number of halogens is 2. The molecule has 21 heavy (non-hydrogen) atoms. The molecule has 1 aromatic carbocycles. The smallest absolute Gasteiger partial charge is 0.201 e. The summed E-state index contributed by atoms with van der Waals surface area (Å²) in [4.78, 5) is 0. The molecular weight excluding hydrogens is 270 g/mol. The van der Waals surface area contributed by atoms with Gasteiger partial charge in [0.1, 0.15) is 0 Å². The van der Waals surface area contributed by atoms with Crippen LogP contribution in [0.4, 0.5) is 8.78 Å². The molecule has 1 aliphatic carbocycles. The summed E-state index contributed by atoms with van der Waals surface area (Å²) in [5.74, 6) is -0.446. The largest absolute Gasteiger partial charge is 0.494 e. The highest BCUT2D eigenvalue weighted by Gasteiger charge is 2.19. The van der Waals surface area contributed by atoms with Crippen LogP contribution < -0.4 is 4.74 Å². The topological polar surface area (TPSA) is 9.23 Å². The zero-order valence-corrected chi connectivity index (χ0v) is 12.9. The minimum atomic E-state index is -0.911. The number of benzene rings is 1. The van der Waals surface area contributed by atoms with Crippen LogP contribution in [-0.2, 0) is 0 Å². The molecule has 1 aromatic rings. The van der Waals surface area contributed by atoms with Crippen molar-refractivity contribution in [2.75, 3.05) is 7.11 Å². The maximum absolute atomic E-state index is 13.9. The van der Waals surface area contributed by atoms with Crippen molar-refractivity contribution in [3.05, 3.63) is 35.4 Å². The van der Waals surface area contributed by atoms with E-state index in [0.717, 1.165) is 18.8 Å².